The van der Waals surface area contributed by atoms with Crippen molar-refractivity contribution in [2.45, 2.75) is 52.9 Å². The molecule has 0 aromatic heterocycles. The van der Waals surface area contributed by atoms with E-state index in [1.807, 2.05) is 0 Å². The van der Waals surface area contributed by atoms with E-state index in [-0.39, 0.29) is 5.92 Å². The maximum absolute atomic E-state index is 11.1. The summed E-state index contributed by atoms with van der Waals surface area (Å²) in [7, 11) is 0. The number of carbonyl (C=O) groups is 1. The van der Waals surface area contributed by atoms with Crippen LogP contribution in [-0.4, -0.2) is 11.1 Å². The largest absolute Gasteiger partial charge is 0.481 e. The molecular formula is C13H24O2. The zero-order chi connectivity index (χ0) is 11.4. The molecule has 0 amide bonds. The molecule has 0 heterocycles. The number of carboxylic acids is 1. The van der Waals surface area contributed by atoms with Crippen LogP contribution in [0.5, 0.6) is 0 Å². The van der Waals surface area contributed by atoms with E-state index in [0.717, 1.165) is 25.2 Å². The lowest BCUT2D eigenvalue weighted by Crippen LogP contribution is -2.33. The number of rotatable bonds is 4. The summed E-state index contributed by atoms with van der Waals surface area (Å²) in [4.78, 5) is 11.1. The second-order valence-electron chi connectivity index (χ2n) is 5.32. The Bertz CT molecular complexity index is 211. The zero-order valence-electron chi connectivity index (χ0n) is 10.2. The molecule has 1 rings (SSSR count). The van der Waals surface area contributed by atoms with Crippen LogP contribution in [0.3, 0.4) is 0 Å². The van der Waals surface area contributed by atoms with Crippen LogP contribution < -0.4 is 0 Å². The van der Waals surface area contributed by atoms with Crippen molar-refractivity contribution in [3.8, 4) is 0 Å². The highest BCUT2D eigenvalue weighted by Crippen LogP contribution is 2.39. The molecule has 2 heteroatoms. The number of aliphatic carboxylic acids is 1. The summed E-state index contributed by atoms with van der Waals surface area (Å²) in [5.74, 6) is 1.01. The average Bonchev–Trinajstić information content (AvgIpc) is 2.17. The molecule has 0 aromatic carbocycles. The van der Waals surface area contributed by atoms with E-state index in [1.54, 1.807) is 0 Å². The van der Waals surface area contributed by atoms with Gasteiger partial charge in [-0.2, -0.15) is 0 Å². The Morgan fingerprint density at radius 1 is 1.40 bits per heavy atom. The van der Waals surface area contributed by atoms with Crippen molar-refractivity contribution >= 4 is 5.97 Å². The maximum atomic E-state index is 11.1. The highest BCUT2D eigenvalue weighted by Gasteiger charge is 2.35. The van der Waals surface area contributed by atoms with Crippen molar-refractivity contribution < 1.29 is 9.90 Å². The van der Waals surface area contributed by atoms with Gasteiger partial charge in [0.25, 0.3) is 0 Å². The van der Waals surface area contributed by atoms with Gasteiger partial charge in [0.1, 0.15) is 0 Å². The van der Waals surface area contributed by atoms with Gasteiger partial charge >= 0.3 is 5.97 Å². The van der Waals surface area contributed by atoms with Gasteiger partial charge in [0, 0.05) is 0 Å². The average molecular weight is 212 g/mol. The maximum Gasteiger partial charge on any atom is 0.306 e. The highest BCUT2D eigenvalue weighted by atomic mass is 16.4. The second-order valence-corrected chi connectivity index (χ2v) is 5.32. The third-order valence-corrected chi connectivity index (χ3v) is 3.88. The summed E-state index contributed by atoms with van der Waals surface area (Å²) in [5.41, 5.74) is 0. The Morgan fingerprint density at radius 3 is 2.53 bits per heavy atom. The lowest BCUT2D eigenvalue weighted by molar-refractivity contribution is -0.146. The topological polar surface area (TPSA) is 37.3 Å². The molecule has 0 radical (unpaired) electrons. The molecule has 1 saturated carbocycles. The molecule has 0 saturated heterocycles. The molecule has 0 spiro atoms. The molecule has 3 unspecified atom stereocenters. The van der Waals surface area contributed by atoms with Crippen molar-refractivity contribution in [2.75, 3.05) is 0 Å². The predicted molar refractivity (Wildman–Crippen MR) is 61.7 cm³/mol. The Kier molecular flexibility index (Phi) is 4.62. The summed E-state index contributed by atoms with van der Waals surface area (Å²) < 4.78 is 0. The van der Waals surface area contributed by atoms with Gasteiger partial charge in [-0.15, -0.1) is 0 Å². The number of hydrogen-bond donors (Lipinski definition) is 1. The van der Waals surface area contributed by atoms with E-state index in [4.69, 9.17) is 0 Å². The third-order valence-electron chi connectivity index (χ3n) is 3.88. The van der Waals surface area contributed by atoms with Gasteiger partial charge in [-0.3, -0.25) is 4.79 Å². The van der Waals surface area contributed by atoms with E-state index in [9.17, 15) is 9.90 Å². The lowest BCUT2D eigenvalue weighted by atomic mass is 9.68. The van der Waals surface area contributed by atoms with Crippen molar-refractivity contribution in [3.63, 3.8) is 0 Å². The number of hydrogen-bond acceptors (Lipinski definition) is 1. The first-order chi connectivity index (χ1) is 7.06. The normalized spacial score (nSPS) is 31.9. The van der Waals surface area contributed by atoms with Crippen LogP contribution in [0.4, 0.5) is 0 Å². The summed E-state index contributed by atoms with van der Waals surface area (Å²) in [6.45, 7) is 6.54. The Hall–Kier alpha value is -0.530. The van der Waals surface area contributed by atoms with E-state index in [2.05, 4.69) is 20.8 Å². The van der Waals surface area contributed by atoms with Crippen molar-refractivity contribution in [3.05, 3.63) is 0 Å². The fraction of sp³-hybridized carbons (Fsp3) is 0.923. The van der Waals surface area contributed by atoms with Crippen LogP contribution in [0.1, 0.15) is 52.9 Å². The molecule has 1 fully saturated rings. The minimum absolute atomic E-state index is 0.0851. The molecule has 1 N–H and O–H groups in total. The summed E-state index contributed by atoms with van der Waals surface area (Å²) in [5, 5.41) is 9.17. The number of carboxylic acid groups (broad SMARTS) is 1. The fourth-order valence-corrected chi connectivity index (χ4v) is 3.01. The van der Waals surface area contributed by atoms with E-state index >= 15 is 0 Å². The second kappa shape index (κ2) is 5.53. The minimum Gasteiger partial charge on any atom is -0.481 e. The molecule has 0 aromatic rings. The smallest absolute Gasteiger partial charge is 0.306 e. The van der Waals surface area contributed by atoms with Gasteiger partial charge in [0.05, 0.1) is 5.92 Å². The molecule has 1 aliphatic carbocycles. The Balaban J connectivity index is 2.61. The third kappa shape index (κ3) is 3.22. The van der Waals surface area contributed by atoms with Gasteiger partial charge in [-0.1, -0.05) is 33.6 Å². The van der Waals surface area contributed by atoms with Crippen molar-refractivity contribution in [1.29, 1.82) is 0 Å². The van der Waals surface area contributed by atoms with E-state index in [1.165, 1.54) is 12.8 Å². The summed E-state index contributed by atoms with van der Waals surface area (Å²) >= 11 is 0. The SMILES string of the molecule is CCCC1CCC(C(=O)O)C(C(C)C)C1. The monoisotopic (exact) mass is 212 g/mol. The zero-order valence-corrected chi connectivity index (χ0v) is 10.2. The van der Waals surface area contributed by atoms with Crippen LogP contribution in [0.25, 0.3) is 0 Å². The van der Waals surface area contributed by atoms with Crippen LogP contribution >= 0.6 is 0 Å². The molecule has 2 nitrogen and oxygen atoms in total. The van der Waals surface area contributed by atoms with Crippen LogP contribution in [-0.2, 0) is 4.79 Å². The van der Waals surface area contributed by atoms with Gasteiger partial charge in [-0.05, 0) is 37.0 Å². The molecule has 0 aliphatic heterocycles. The molecule has 3 atom stereocenters. The van der Waals surface area contributed by atoms with Crippen LogP contribution in [0.2, 0.25) is 0 Å². The first-order valence-corrected chi connectivity index (χ1v) is 6.29. The quantitative estimate of drug-likeness (QED) is 0.773. The standard InChI is InChI=1S/C13H24O2/c1-4-5-10-6-7-11(13(14)15)12(8-10)9(2)3/h9-12H,4-8H2,1-3H3,(H,14,15). The fourth-order valence-electron chi connectivity index (χ4n) is 3.01. The summed E-state index contributed by atoms with van der Waals surface area (Å²) in [6.07, 6.45) is 5.64. The van der Waals surface area contributed by atoms with Gasteiger partial charge in [-0.25, -0.2) is 0 Å². The van der Waals surface area contributed by atoms with Crippen molar-refractivity contribution in [2.24, 2.45) is 23.7 Å². The van der Waals surface area contributed by atoms with Crippen LogP contribution in [0.15, 0.2) is 0 Å². The molecule has 88 valence electrons. The first-order valence-electron chi connectivity index (χ1n) is 6.29. The molecular weight excluding hydrogens is 188 g/mol. The lowest BCUT2D eigenvalue weighted by Gasteiger charge is -2.36. The summed E-state index contributed by atoms with van der Waals surface area (Å²) in [6, 6.07) is 0. The first kappa shape index (κ1) is 12.5. The van der Waals surface area contributed by atoms with E-state index in [0.29, 0.717) is 11.8 Å². The Labute approximate surface area is 93.1 Å². The van der Waals surface area contributed by atoms with E-state index < -0.39 is 5.97 Å². The highest BCUT2D eigenvalue weighted by molar-refractivity contribution is 5.70. The van der Waals surface area contributed by atoms with Crippen LogP contribution in [0, 0.1) is 23.7 Å². The van der Waals surface area contributed by atoms with Gasteiger partial charge < -0.3 is 5.11 Å². The van der Waals surface area contributed by atoms with Crippen molar-refractivity contribution in [1.82, 2.24) is 0 Å². The molecule has 15 heavy (non-hydrogen) atoms. The van der Waals surface area contributed by atoms with Gasteiger partial charge in [0.2, 0.25) is 0 Å². The predicted octanol–water partition coefficient (Wildman–Crippen LogP) is 3.56. The molecule has 1 aliphatic rings. The molecule has 0 bridgehead atoms. The van der Waals surface area contributed by atoms with Gasteiger partial charge in [0.15, 0.2) is 0 Å². The Morgan fingerprint density at radius 2 is 2.07 bits per heavy atom. The minimum atomic E-state index is -0.580.